The SMILES string of the molecule is O=C(O)C1CCC(Nc2cc(-c3cccc(NCc4cccc(F)c4)n3)c(Cl)cn2)C1. The molecule has 1 saturated carbocycles. The van der Waals surface area contributed by atoms with Gasteiger partial charge in [-0.25, -0.2) is 14.4 Å². The standard InChI is InChI=1S/C23H22ClFN4O2/c24-19-13-27-22(28-17-8-7-15(10-17)23(30)31)11-18(19)20-5-2-6-21(29-20)26-12-14-3-1-4-16(25)9-14/h1-6,9,11,13,15,17H,7-8,10,12H2,(H,26,29)(H,27,28)(H,30,31). The molecule has 2 atom stereocenters. The van der Waals surface area contributed by atoms with Crippen molar-refractivity contribution in [2.75, 3.05) is 10.6 Å². The number of benzene rings is 1. The van der Waals surface area contributed by atoms with Crippen LogP contribution >= 0.6 is 11.6 Å². The first-order valence-corrected chi connectivity index (χ1v) is 10.5. The molecule has 0 amide bonds. The average Bonchev–Trinajstić information content (AvgIpc) is 3.23. The molecular formula is C23H22ClFN4O2. The Bertz CT molecular complexity index is 1090. The van der Waals surface area contributed by atoms with Crippen LogP contribution in [-0.4, -0.2) is 27.1 Å². The van der Waals surface area contributed by atoms with Crippen LogP contribution in [0.5, 0.6) is 0 Å². The predicted octanol–water partition coefficient (Wildman–Crippen LogP) is 5.21. The Morgan fingerprint density at radius 3 is 2.77 bits per heavy atom. The van der Waals surface area contributed by atoms with Crippen molar-refractivity contribution >= 4 is 29.2 Å². The van der Waals surface area contributed by atoms with Crippen molar-refractivity contribution in [3.05, 3.63) is 71.1 Å². The molecule has 31 heavy (non-hydrogen) atoms. The third kappa shape index (κ3) is 5.30. The number of aliphatic carboxylic acids is 1. The van der Waals surface area contributed by atoms with Gasteiger partial charge < -0.3 is 15.7 Å². The summed E-state index contributed by atoms with van der Waals surface area (Å²) in [7, 11) is 0. The van der Waals surface area contributed by atoms with Gasteiger partial charge in [0.05, 0.1) is 16.6 Å². The zero-order valence-corrected chi connectivity index (χ0v) is 17.4. The van der Waals surface area contributed by atoms with Crippen LogP contribution in [-0.2, 0) is 11.3 Å². The number of carboxylic acids is 1. The fourth-order valence-corrected chi connectivity index (χ4v) is 3.98. The van der Waals surface area contributed by atoms with Crippen molar-refractivity contribution in [3.63, 3.8) is 0 Å². The first kappa shape index (κ1) is 21.1. The van der Waals surface area contributed by atoms with Crippen LogP contribution < -0.4 is 10.6 Å². The van der Waals surface area contributed by atoms with Gasteiger partial charge in [0.25, 0.3) is 0 Å². The molecule has 0 radical (unpaired) electrons. The van der Waals surface area contributed by atoms with Gasteiger partial charge in [-0.2, -0.15) is 0 Å². The second-order valence-corrected chi connectivity index (χ2v) is 8.04. The number of carbonyl (C=O) groups is 1. The Kier molecular flexibility index (Phi) is 6.32. The molecule has 1 fully saturated rings. The zero-order valence-electron chi connectivity index (χ0n) is 16.7. The maximum atomic E-state index is 13.4. The summed E-state index contributed by atoms with van der Waals surface area (Å²) in [5.41, 5.74) is 2.22. The van der Waals surface area contributed by atoms with Crippen LogP contribution in [0.4, 0.5) is 16.0 Å². The highest BCUT2D eigenvalue weighted by Gasteiger charge is 2.29. The van der Waals surface area contributed by atoms with E-state index < -0.39 is 5.97 Å². The average molecular weight is 441 g/mol. The maximum Gasteiger partial charge on any atom is 0.306 e. The fraction of sp³-hybridized carbons (Fsp3) is 0.261. The number of rotatable bonds is 7. The number of aromatic nitrogens is 2. The minimum Gasteiger partial charge on any atom is -0.481 e. The highest BCUT2D eigenvalue weighted by molar-refractivity contribution is 6.33. The van der Waals surface area contributed by atoms with Crippen LogP contribution in [0.2, 0.25) is 5.02 Å². The van der Waals surface area contributed by atoms with Gasteiger partial charge in [0.1, 0.15) is 17.5 Å². The molecule has 2 aromatic heterocycles. The molecule has 4 rings (SSSR count). The highest BCUT2D eigenvalue weighted by atomic mass is 35.5. The summed E-state index contributed by atoms with van der Waals surface area (Å²) < 4.78 is 13.4. The third-order valence-corrected chi connectivity index (χ3v) is 5.68. The highest BCUT2D eigenvalue weighted by Crippen LogP contribution is 2.31. The van der Waals surface area contributed by atoms with Crippen molar-refractivity contribution in [1.29, 1.82) is 0 Å². The maximum absolute atomic E-state index is 13.4. The zero-order chi connectivity index (χ0) is 21.8. The van der Waals surface area contributed by atoms with Crippen molar-refractivity contribution in [3.8, 4) is 11.3 Å². The molecular weight excluding hydrogens is 419 g/mol. The van der Waals surface area contributed by atoms with Gasteiger partial charge in [0, 0.05) is 24.3 Å². The normalized spacial score (nSPS) is 18.0. The number of nitrogens with one attached hydrogen (secondary N) is 2. The van der Waals surface area contributed by atoms with Crippen LogP contribution in [0, 0.1) is 11.7 Å². The van der Waals surface area contributed by atoms with E-state index in [1.165, 1.54) is 12.1 Å². The van der Waals surface area contributed by atoms with E-state index in [9.17, 15) is 14.3 Å². The molecule has 1 aliphatic rings. The quantitative estimate of drug-likeness (QED) is 0.467. The Labute approximate surface area is 184 Å². The van der Waals surface area contributed by atoms with Crippen LogP contribution in [0.15, 0.2) is 54.7 Å². The predicted molar refractivity (Wildman–Crippen MR) is 119 cm³/mol. The molecule has 2 unspecified atom stereocenters. The van der Waals surface area contributed by atoms with E-state index in [2.05, 4.69) is 20.6 Å². The lowest BCUT2D eigenvalue weighted by atomic mass is 10.1. The summed E-state index contributed by atoms with van der Waals surface area (Å²) in [5, 5.41) is 16.2. The molecule has 6 nitrogen and oxygen atoms in total. The van der Waals surface area contributed by atoms with Gasteiger partial charge in [-0.1, -0.05) is 29.8 Å². The van der Waals surface area contributed by atoms with E-state index in [0.717, 1.165) is 17.5 Å². The summed E-state index contributed by atoms with van der Waals surface area (Å²) in [5.74, 6) is -0.0613. The molecule has 160 valence electrons. The van der Waals surface area contributed by atoms with E-state index in [1.54, 1.807) is 12.3 Å². The van der Waals surface area contributed by atoms with Crippen molar-refractivity contribution < 1.29 is 14.3 Å². The summed E-state index contributed by atoms with van der Waals surface area (Å²) in [6.07, 6.45) is 3.59. The van der Waals surface area contributed by atoms with Crippen LogP contribution in [0.25, 0.3) is 11.3 Å². The Hall–Kier alpha value is -3.19. The number of anilines is 2. The molecule has 0 bridgehead atoms. The molecule has 0 spiro atoms. The minimum absolute atomic E-state index is 0.0647. The Balaban J connectivity index is 1.48. The molecule has 3 aromatic rings. The first-order chi connectivity index (χ1) is 15.0. The smallest absolute Gasteiger partial charge is 0.306 e. The summed E-state index contributed by atoms with van der Waals surface area (Å²) in [6, 6.07) is 13.9. The van der Waals surface area contributed by atoms with E-state index in [-0.39, 0.29) is 17.8 Å². The molecule has 0 aliphatic heterocycles. The second-order valence-electron chi connectivity index (χ2n) is 7.63. The number of hydrogen-bond donors (Lipinski definition) is 3. The molecule has 3 N–H and O–H groups in total. The molecule has 1 aromatic carbocycles. The summed E-state index contributed by atoms with van der Waals surface area (Å²) in [4.78, 5) is 20.1. The molecule has 8 heteroatoms. The number of hydrogen-bond acceptors (Lipinski definition) is 5. The third-order valence-electron chi connectivity index (χ3n) is 5.38. The van der Waals surface area contributed by atoms with E-state index in [1.807, 2.05) is 30.3 Å². The Morgan fingerprint density at radius 1 is 1.16 bits per heavy atom. The van der Waals surface area contributed by atoms with Crippen molar-refractivity contribution in [1.82, 2.24) is 9.97 Å². The lowest BCUT2D eigenvalue weighted by molar-refractivity contribution is -0.141. The van der Waals surface area contributed by atoms with Gasteiger partial charge in [-0.3, -0.25) is 4.79 Å². The van der Waals surface area contributed by atoms with Crippen molar-refractivity contribution in [2.24, 2.45) is 5.92 Å². The molecule has 2 heterocycles. The minimum atomic E-state index is -0.749. The van der Waals surface area contributed by atoms with E-state index in [4.69, 9.17) is 11.6 Å². The van der Waals surface area contributed by atoms with E-state index >= 15 is 0 Å². The summed E-state index contributed by atoms with van der Waals surface area (Å²) in [6.45, 7) is 0.442. The lowest BCUT2D eigenvalue weighted by Gasteiger charge is -2.15. The van der Waals surface area contributed by atoms with Gasteiger partial charge in [-0.05, 0) is 55.2 Å². The summed E-state index contributed by atoms with van der Waals surface area (Å²) >= 11 is 6.38. The largest absolute Gasteiger partial charge is 0.481 e. The first-order valence-electron chi connectivity index (χ1n) is 10.1. The lowest BCUT2D eigenvalue weighted by Crippen LogP contribution is -2.18. The Morgan fingerprint density at radius 2 is 2.00 bits per heavy atom. The number of pyridine rings is 2. The number of nitrogens with zero attached hydrogens (tertiary/aromatic N) is 2. The molecule has 1 aliphatic carbocycles. The molecule has 0 saturated heterocycles. The van der Waals surface area contributed by atoms with E-state index in [0.29, 0.717) is 41.7 Å². The van der Waals surface area contributed by atoms with Crippen molar-refractivity contribution in [2.45, 2.75) is 31.8 Å². The van der Waals surface area contributed by atoms with Crippen LogP contribution in [0.3, 0.4) is 0 Å². The van der Waals surface area contributed by atoms with Gasteiger partial charge in [0.15, 0.2) is 0 Å². The second kappa shape index (κ2) is 9.31. The van der Waals surface area contributed by atoms with Gasteiger partial charge >= 0.3 is 5.97 Å². The monoisotopic (exact) mass is 440 g/mol. The number of halogens is 2. The van der Waals surface area contributed by atoms with Gasteiger partial charge in [-0.15, -0.1) is 0 Å². The fourth-order valence-electron chi connectivity index (χ4n) is 3.78. The van der Waals surface area contributed by atoms with Crippen LogP contribution in [0.1, 0.15) is 24.8 Å². The topological polar surface area (TPSA) is 87.1 Å². The van der Waals surface area contributed by atoms with Gasteiger partial charge in [0.2, 0.25) is 0 Å². The number of carboxylic acid groups (broad SMARTS) is 1.